The summed E-state index contributed by atoms with van der Waals surface area (Å²) >= 11 is 0.635. The molecule has 5 N–H and O–H groups in total. The lowest BCUT2D eigenvalue weighted by Gasteiger charge is -2.08. The lowest BCUT2D eigenvalue weighted by Crippen LogP contribution is -2.32. The average Bonchev–Trinajstić information content (AvgIpc) is 3.17. The first kappa shape index (κ1) is 16.0. The summed E-state index contributed by atoms with van der Waals surface area (Å²) in [5, 5.41) is 20.4. The third-order valence-electron chi connectivity index (χ3n) is 3.78. The number of unbranched alkanes of at least 4 members (excludes halogenated alkanes) is 2. The summed E-state index contributed by atoms with van der Waals surface area (Å²) in [5.74, 6) is -3.24. The van der Waals surface area contributed by atoms with Crippen LogP contribution in [0.4, 0.5) is 0 Å². The molecule has 7 nitrogen and oxygen atoms in total. The minimum Gasteiger partial charge on any atom is -0.480 e. The molecular weight excluding hydrogens is 333 g/mol. The van der Waals surface area contributed by atoms with E-state index in [1.165, 1.54) is 6.08 Å². The van der Waals surface area contributed by atoms with Crippen LogP contribution in [0.25, 0.3) is 0 Å². The van der Waals surface area contributed by atoms with Crippen molar-refractivity contribution in [1.82, 2.24) is 5.32 Å². The molecule has 1 aliphatic rings. The largest absolute Gasteiger partial charge is 0.480 e. The van der Waals surface area contributed by atoms with Gasteiger partial charge in [0.2, 0.25) is 5.91 Å². The van der Waals surface area contributed by atoms with E-state index in [0.29, 0.717) is 31.0 Å². The summed E-state index contributed by atoms with van der Waals surface area (Å²) in [6.45, 7) is 3.88. The number of carbonyl (C=O) groups is 3. The van der Waals surface area contributed by atoms with Crippen LogP contribution in [0.3, 0.4) is 0 Å². The lowest BCUT2D eigenvalue weighted by atomic mass is 10.1. The number of hydrogen-bond donors (Lipinski definition) is 4. The van der Waals surface area contributed by atoms with E-state index in [9.17, 15) is 19.5 Å². The van der Waals surface area contributed by atoms with Gasteiger partial charge >= 0.3 is 11.9 Å². The van der Waals surface area contributed by atoms with E-state index in [1.807, 2.05) is 13.8 Å². The highest BCUT2D eigenvalue weighted by atomic mass is 32.2. The van der Waals surface area contributed by atoms with Crippen LogP contribution in [-0.2, 0) is 14.4 Å². The zero-order valence-electron chi connectivity index (χ0n) is 16.8. The quantitative estimate of drug-likeness (QED) is 0.248. The van der Waals surface area contributed by atoms with Gasteiger partial charge in [0.15, 0.2) is 0 Å². The molecule has 136 valence electrons. The van der Waals surface area contributed by atoms with Crippen molar-refractivity contribution in [2.75, 3.05) is 11.5 Å². The van der Waals surface area contributed by atoms with Crippen molar-refractivity contribution in [1.29, 1.82) is 0 Å². The SMILES string of the molecule is [2H]C([2H])(SCCCCC=C(NC(=O)[C@H]1CC1(C)C)C(=O)O)C([2H])([15NH2])C(=O)O. The van der Waals surface area contributed by atoms with Crippen molar-refractivity contribution in [3.63, 3.8) is 0 Å². The van der Waals surface area contributed by atoms with Crippen LogP contribution in [-0.4, -0.2) is 45.5 Å². The van der Waals surface area contributed by atoms with Crippen LogP contribution in [0.1, 0.15) is 43.6 Å². The van der Waals surface area contributed by atoms with Gasteiger partial charge in [0, 0.05) is 14.4 Å². The first-order chi connectivity index (χ1) is 12.2. The van der Waals surface area contributed by atoms with Crippen LogP contribution in [0, 0.1) is 11.3 Å². The molecular formula is C16H26N2O5S. The van der Waals surface area contributed by atoms with Crippen LogP contribution in [0.15, 0.2) is 11.8 Å². The molecule has 0 heterocycles. The number of rotatable bonds is 11. The second kappa shape index (κ2) is 9.08. The van der Waals surface area contributed by atoms with Crippen molar-refractivity contribution in [2.45, 2.75) is 45.5 Å². The molecule has 0 radical (unpaired) electrons. The van der Waals surface area contributed by atoms with Gasteiger partial charge in [-0.25, -0.2) is 4.79 Å². The second-order valence-corrected chi connectivity index (χ2v) is 7.22. The predicted molar refractivity (Wildman–Crippen MR) is 92.5 cm³/mol. The standard InChI is InChI=1S/C16H26N2O5S/c1-16(2)8-10(16)13(19)18-12(15(22)23)6-4-3-5-7-24-9-11(17)14(20)21/h6,10-11H,3-5,7-9,17H2,1-2H3,(H,18,19)(H,20,21)(H,22,23)/t10-,11?/m1/s1/i9D2,11D,17+1. The molecule has 0 bridgehead atoms. The first-order valence-electron chi connectivity index (χ1n) is 9.13. The minimum atomic E-state index is -2.76. The molecule has 24 heavy (non-hydrogen) atoms. The molecule has 0 aromatic rings. The number of hydrogen-bond acceptors (Lipinski definition) is 5. The van der Waals surface area contributed by atoms with Crippen LogP contribution in [0.2, 0.25) is 0 Å². The molecule has 1 saturated carbocycles. The van der Waals surface area contributed by atoms with Gasteiger partial charge in [-0.05, 0) is 36.9 Å². The highest BCUT2D eigenvalue weighted by Gasteiger charge is 2.50. The third kappa shape index (κ3) is 6.92. The summed E-state index contributed by atoms with van der Waals surface area (Å²) in [6.07, 6.45) is 3.46. The topological polar surface area (TPSA) is 130 Å². The molecule has 0 aromatic carbocycles. The fraction of sp³-hybridized carbons (Fsp3) is 0.688. The van der Waals surface area contributed by atoms with Gasteiger partial charge in [0.25, 0.3) is 0 Å². The number of carbonyl (C=O) groups excluding carboxylic acids is 1. The summed E-state index contributed by atoms with van der Waals surface area (Å²) in [7, 11) is 0. The van der Waals surface area contributed by atoms with Gasteiger partial charge in [-0.15, -0.1) is 0 Å². The van der Waals surface area contributed by atoms with Crippen molar-refractivity contribution in [3.8, 4) is 0 Å². The highest BCUT2D eigenvalue weighted by Crippen LogP contribution is 2.51. The summed E-state index contributed by atoms with van der Waals surface area (Å²) in [6, 6.07) is -2.76. The number of amides is 1. The maximum Gasteiger partial charge on any atom is 0.352 e. The highest BCUT2D eigenvalue weighted by molar-refractivity contribution is 7.99. The van der Waals surface area contributed by atoms with E-state index in [1.54, 1.807) is 0 Å². The van der Waals surface area contributed by atoms with E-state index in [-0.39, 0.29) is 28.7 Å². The maximum absolute atomic E-state index is 12.0. The summed E-state index contributed by atoms with van der Waals surface area (Å²) in [4.78, 5) is 34.1. The number of nitrogens with one attached hydrogen (secondary N) is 1. The molecule has 2 atom stereocenters. The Hall–Kier alpha value is -1.54. The van der Waals surface area contributed by atoms with Gasteiger partial charge in [0.1, 0.15) is 11.7 Å². The fourth-order valence-corrected chi connectivity index (χ4v) is 2.76. The second-order valence-electron chi connectivity index (χ2n) is 6.32. The summed E-state index contributed by atoms with van der Waals surface area (Å²) in [5.41, 5.74) is 2.46. The van der Waals surface area contributed by atoms with E-state index in [0.717, 1.165) is 6.42 Å². The fourth-order valence-electron chi connectivity index (χ4n) is 2.06. The molecule has 1 amide bonds. The minimum absolute atomic E-state index is 0.101. The molecule has 0 spiro atoms. The number of nitrogens with two attached hydrogens (primary N) is 1. The number of carboxylic acids is 2. The molecule has 1 rings (SSSR count). The third-order valence-corrected chi connectivity index (χ3v) is 4.64. The van der Waals surface area contributed by atoms with Crippen LogP contribution in [0.5, 0.6) is 0 Å². The van der Waals surface area contributed by atoms with Gasteiger partial charge in [0.05, 0.1) is 1.37 Å². The Labute approximate surface area is 150 Å². The monoisotopic (exact) mass is 362 g/mol. The van der Waals surface area contributed by atoms with Gasteiger partial charge in [-0.3, -0.25) is 9.59 Å². The Kier molecular flexibility index (Phi) is 6.03. The number of allylic oxidation sites excluding steroid dienone is 1. The normalized spacial score (nSPS) is 24.0. The van der Waals surface area contributed by atoms with E-state index in [4.69, 9.17) is 15.0 Å². The van der Waals surface area contributed by atoms with Crippen molar-refractivity contribution in [2.24, 2.45) is 17.1 Å². The average molecular weight is 362 g/mol. The van der Waals surface area contributed by atoms with Crippen LogP contribution < -0.4 is 11.1 Å². The molecule has 0 aromatic heterocycles. The molecule has 0 saturated heterocycles. The zero-order valence-corrected chi connectivity index (χ0v) is 14.6. The Balaban J connectivity index is 2.42. The summed E-state index contributed by atoms with van der Waals surface area (Å²) < 4.78 is 22.6. The van der Waals surface area contributed by atoms with Gasteiger partial charge in [-0.1, -0.05) is 19.9 Å². The lowest BCUT2D eigenvalue weighted by molar-refractivity contribution is -0.138. The van der Waals surface area contributed by atoms with Gasteiger partial charge in [-0.2, -0.15) is 11.8 Å². The molecule has 1 aliphatic carbocycles. The molecule has 1 unspecified atom stereocenters. The Morgan fingerprint density at radius 1 is 1.46 bits per heavy atom. The molecule has 1 fully saturated rings. The maximum atomic E-state index is 12.0. The Bertz CT molecular complexity index is 638. The van der Waals surface area contributed by atoms with Crippen molar-refractivity contribution < 1.29 is 28.7 Å². The van der Waals surface area contributed by atoms with Gasteiger partial charge < -0.3 is 21.3 Å². The molecule has 8 heteroatoms. The first-order valence-corrected chi connectivity index (χ1v) is 8.61. The van der Waals surface area contributed by atoms with Crippen molar-refractivity contribution in [3.05, 3.63) is 11.8 Å². The Morgan fingerprint density at radius 3 is 2.58 bits per heavy atom. The van der Waals surface area contributed by atoms with Crippen molar-refractivity contribution >= 4 is 29.6 Å². The zero-order chi connectivity index (χ0) is 21.0. The Morgan fingerprint density at radius 2 is 2.08 bits per heavy atom. The van der Waals surface area contributed by atoms with E-state index < -0.39 is 23.7 Å². The predicted octanol–water partition coefficient (Wildman–Crippen LogP) is 1.43. The number of aliphatic carboxylic acids is 2. The van der Waals surface area contributed by atoms with E-state index in [2.05, 4.69) is 5.32 Å². The smallest absolute Gasteiger partial charge is 0.352 e. The molecule has 0 aliphatic heterocycles. The number of carboxylic acid groups (broad SMARTS) is 2. The van der Waals surface area contributed by atoms with Crippen LogP contribution >= 0.6 is 11.8 Å². The van der Waals surface area contributed by atoms with E-state index >= 15 is 0 Å². The number of thioether (sulfide) groups is 1.